The second-order valence-electron chi connectivity index (χ2n) is 5.15. The Morgan fingerprint density at radius 1 is 1.17 bits per heavy atom. The minimum atomic E-state index is 0.113. The van der Waals surface area contributed by atoms with Gasteiger partial charge in [0.2, 0.25) is 11.9 Å². The van der Waals surface area contributed by atoms with Gasteiger partial charge in [0.05, 0.1) is 5.25 Å². The number of nitrogens with two attached hydrogens (primary N) is 1. The maximum atomic E-state index is 5.83. The average molecular weight is 341 g/mol. The molecule has 1 atom stereocenters. The molecule has 0 aliphatic heterocycles. The van der Waals surface area contributed by atoms with Crippen LogP contribution in [-0.2, 0) is 6.54 Å². The maximum Gasteiger partial charge on any atom is 0.232 e. The molecule has 8 heteroatoms. The van der Waals surface area contributed by atoms with Gasteiger partial charge < -0.3 is 11.1 Å². The third-order valence-corrected chi connectivity index (χ3v) is 4.44. The van der Waals surface area contributed by atoms with Crippen molar-refractivity contribution in [3.05, 3.63) is 54.6 Å². The summed E-state index contributed by atoms with van der Waals surface area (Å²) < 4.78 is 1.91. The van der Waals surface area contributed by atoms with Crippen LogP contribution >= 0.6 is 11.8 Å². The predicted molar refractivity (Wildman–Crippen MR) is 97.1 cm³/mol. The van der Waals surface area contributed by atoms with E-state index in [4.69, 9.17) is 5.73 Å². The summed E-state index contributed by atoms with van der Waals surface area (Å²) in [5.74, 6) is 2.27. The zero-order valence-electron chi connectivity index (χ0n) is 13.3. The van der Waals surface area contributed by atoms with Crippen molar-refractivity contribution in [1.29, 1.82) is 0 Å². The Morgan fingerprint density at radius 3 is 2.75 bits per heavy atom. The zero-order chi connectivity index (χ0) is 16.8. The maximum absolute atomic E-state index is 5.83. The first-order valence-electron chi connectivity index (χ1n) is 7.63. The first-order valence-corrected chi connectivity index (χ1v) is 8.68. The number of nitrogens with one attached hydrogen (secondary N) is 1. The number of hydrogen-bond acceptors (Lipinski definition) is 7. The molecule has 0 spiro atoms. The minimum absolute atomic E-state index is 0.113. The van der Waals surface area contributed by atoms with Crippen molar-refractivity contribution in [3.8, 4) is 0 Å². The van der Waals surface area contributed by atoms with Crippen molar-refractivity contribution < 1.29 is 0 Å². The van der Waals surface area contributed by atoms with E-state index in [2.05, 4.69) is 32.3 Å². The molecule has 2 heterocycles. The lowest BCUT2D eigenvalue weighted by Gasteiger charge is -2.12. The van der Waals surface area contributed by atoms with E-state index in [0.29, 0.717) is 11.8 Å². The number of thioether (sulfide) groups is 1. The molecule has 24 heavy (non-hydrogen) atoms. The Morgan fingerprint density at radius 2 is 2.00 bits per heavy atom. The molecule has 7 nitrogen and oxygen atoms in total. The fourth-order valence-electron chi connectivity index (χ4n) is 2.13. The topological polar surface area (TPSA) is 94.5 Å². The lowest BCUT2D eigenvalue weighted by atomic mass is 10.3. The molecule has 0 aliphatic carbocycles. The van der Waals surface area contributed by atoms with E-state index in [0.717, 1.165) is 18.0 Å². The summed E-state index contributed by atoms with van der Waals surface area (Å²) in [4.78, 5) is 12.9. The van der Waals surface area contributed by atoms with Crippen LogP contribution in [0.4, 0.5) is 17.6 Å². The standard InChI is InChI=1S/C16H19N7S/c1-12(24-11-10-23-9-5-8-18-23)14-20-15(17)22-16(21-14)19-13-6-3-2-4-7-13/h2-9,12H,10-11H2,1H3,(H3,17,19,20,21,22). The van der Waals surface area contributed by atoms with Crippen LogP contribution < -0.4 is 11.1 Å². The van der Waals surface area contributed by atoms with Gasteiger partial charge >= 0.3 is 0 Å². The molecule has 0 fully saturated rings. The van der Waals surface area contributed by atoms with Crippen LogP contribution in [0.15, 0.2) is 48.8 Å². The van der Waals surface area contributed by atoms with Crippen LogP contribution in [0.25, 0.3) is 0 Å². The molecular formula is C16H19N7S. The summed E-state index contributed by atoms with van der Waals surface area (Å²) >= 11 is 1.75. The lowest BCUT2D eigenvalue weighted by molar-refractivity contribution is 0.665. The van der Waals surface area contributed by atoms with Gasteiger partial charge in [-0.25, -0.2) is 0 Å². The molecule has 0 radical (unpaired) electrons. The van der Waals surface area contributed by atoms with Gasteiger partial charge in [0.25, 0.3) is 0 Å². The van der Waals surface area contributed by atoms with Crippen LogP contribution in [0.1, 0.15) is 18.0 Å². The summed E-state index contributed by atoms with van der Waals surface area (Å²) in [7, 11) is 0. The molecule has 0 saturated heterocycles. The first kappa shape index (κ1) is 16.3. The highest BCUT2D eigenvalue weighted by molar-refractivity contribution is 7.99. The van der Waals surface area contributed by atoms with E-state index in [-0.39, 0.29) is 11.2 Å². The number of hydrogen-bond donors (Lipinski definition) is 2. The summed E-state index contributed by atoms with van der Waals surface area (Å²) in [5, 5.41) is 7.46. The number of aromatic nitrogens is 5. The van der Waals surface area contributed by atoms with Gasteiger partial charge in [0.15, 0.2) is 0 Å². The normalized spacial score (nSPS) is 12.0. The number of aryl methyl sites for hydroxylation is 1. The van der Waals surface area contributed by atoms with E-state index < -0.39 is 0 Å². The highest BCUT2D eigenvalue weighted by Crippen LogP contribution is 2.26. The van der Waals surface area contributed by atoms with Crippen LogP contribution in [0.5, 0.6) is 0 Å². The van der Waals surface area contributed by atoms with Gasteiger partial charge in [-0.15, -0.1) is 11.8 Å². The second kappa shape index (κ2) is 7.78. The smallest absolute Gasteiger partial charge is 0.232 e. The molecule has 0 saturated carbocycles. The Labute approximate surface area is 144 Å². The first-order chi connectivity index (χ1) is 11.7. The van der Waals surface area contributed by atoms with Gasteiger partial charge in [-0.3, -0.25) is 4.68 Å². The van der Waals surface area contributed by atoms with E-state index in [1.165, 1.54) is 0 Å². The van der Waals surface area contributed by atoms with Gasteiger partial charge in [0.1, 0.15) is 5.82 Å². The molecule has 0 aliphatic rings. The van der Waals surface area contributed by atoms with Crippen molar-refractivity contribution >= 4 is 29.3 Å². The SMILES string of the molecule is CC(SCCn1cccn1)c1nc(N)nc(Nc2ccccc2)n1. The number of nitrogen functional groups attached to an aromatic ring is 1. The molecule has 3 aromatic rings. The van der Waals surface area contributed by atoms with Crippen LogP contribution in [-0.4, -0.2) is 30.5 Å². The molecule has 1 aromatic carbocycles. The van der Waals surface area contributed by atoms with E-state index in [1.54, 1.807) is 18.0 Å². The van der Waals surface area contributed by atoms with Crippen molar-refractivity contribution in [3.63, 3.8) is 0 Å². The fourth-order valence-corrected chi connectivity index (χ4v) is 3.03. The summed E-state index contributed by atoms with van der Waals surface area (Å²) in [5.41, 5.74) is 6.74. The molecule has 0 amide bonds. The Hall–Kier alpha value is -2.61. The quantitative estimate of drug-likeness (QED) is 0.682. The highest BCUT2D eigenvalue weighted by Gasteiger charge is 2.13. The molecule has 124 valence electrons. The third-order valence-electron chi connectivity index (χ3n) is 3.31. The molecule has 1 unspecified atom stereocenters. The van der Waals surface area contributed by atoms with Crippen LogP contribution in [0, 0.1) is 0 Å². The largest absolute Gasteiger partial charge is 0.368 e. The van der Waals surface area contributed by atoms with Crippen molar-refractivity contribution in [2.24, 2.45) is 0 Å². The zero-order valence-corrected chi connectivity index (χ0v) is 14.1. The van der Waals surface area contributed by atoms with Crippen molar-refractivity contribution in [2.75, 3.05) is 16.8 Å². The molecule has 3 rings (SSSR count). The fraction of sp³-hybridized carbons (Fsp3) is 0.250. The average Bonchev–Trinajstić information content (AvgIpc) is 3.08. The predicted octanol–water partition coefficient (Wildman–Crippen LogP) is 2.89. The van der Waals surface area contributed by atoms with Gasteiger partial charge in [-0.1, -0.05) is 18.2 Å². The number of para-hydroxylation sites is 1. The number of benzene rings is 1. The van der Waals surface area contributed by atoms with Crippen LogP contribution in [0.2, 0.25) is 0 Å². The lowest BCUT2D eigenvalue weighted by Crippen LogP contribution is -2.09. The Balaban J connectivity index is 1.64. The number of anilines is 3. The molecule has 2 aromatic heterocycles. The van der Waals surface area contributed by atoms with Gasteiger partial charge in [-0.05, 0) is 25.1 Å². The molecular weight excluding hydrogens is 322 g/mol. The van der Waals surface area contributed by atoms with Gasteiger partial charge in [-0.2, -0.15) is 20.1 Å². The summed E-state index contributed by atoms with van der Waals surface area (Å²) in [6, 6.07) is 11.7. The molecule has 3 N–H and O–H groups in total. The summed E-state index contributed by atoms with van der Waals surface area (Å²) in [6.45, 7) is 2.91. The monoisotopic (exact) mass is 341 g/mol. The third kappa shape index (κ3) is 4.45. The van der Waals surface area contributed by atoms with E-state index >= 15 is 0 Å². The van der Waals surface area contributed by atoms with Gasteiger partial charge in [0, 0.05) is 30.4 Å². The number of rotatable bonds is 7. The Kier molecular flexibility index (Phi) is 5.27. The summed E-state index contributed by atoms with van der Waals surface area (Å²) in [6.07, 6.45) is 3.73. The highest BCUT2D eigenvalue weighted by atomic mass is 32.2. The van der Waals surface area contributed by atoms with Crippen molar-refractivity contribution in [2.45, 2.75) is 18.7 Å². The van der Waals surface area contributed by atoms with Crippen LogP contribution in [0.3, 0.4) is 0 Å². The molecule has 0 bridgehead atoms. The second-order valence-corrected chi connectivity index (χ2v) is 6.60. The van der Waals surface area contributed by atoms with E-state index in [1.807, 2.05) is 47.3 Å². The Bertz CT molecular complexity index is 761. The van der Waals surface area contributed by atoms with E-state index in [9.17, 15) is 0 Å². The minimum Gasteiger partial charge on any atom is -0.368 e. The number of nitrogens with zero attached hydrogens (tertiary/aromatic N) is 5. The van der Waals surface area contributed by atoms with Crippen molar-refractivity contribution in [1.82, 2.24) is 24.7 Å².